The van der Waals surface area contributed by atoms with E-state index in [1.807, 2.05) is 30.3 Å². The summed E-state index contributed by atoms with van der Waals surface area (Å²) in [6.07, 6.45) is 2.50. The number of hydrogen-bond donors (Lipinski definition) is 2. The minimum atomic E-state index is -0.667. The summed E-state index contributed by atoms with van der Waals surface area (Å²) in [6, 6.07) is 13.4. The lowest BCUT2D eigenvalue weighted by Crippen LogP contribution is -2.25. The number of amides is 1. The van der Waals surface area contributed by atoms with Gasteiger partial charge in [0, 0.05) is 13.0 Å². The van der Waals surface area contributed by atoms with E-state index in [2.05, 4.69) is 5.32 Å². The zero-order valence-electron chi connectivity index (χ0n) is 11.3. The van der Waals surface area contributed by atoms with E-state index in [1.165, 1.54) is 6.26 Å². The molecule has 0 spiro atoms. The topological polar surface area (TPSA) is 62.5 Å². The quantitative estimate of drug-likeness (QED) is 0.814. The van der Waals surface area contributed by atoms with Crippen LogP contribution < -0.4 is 5.32 Å². The first-order chi connectivity index (χ1) is 9.75. The van der Waals surface area contributed by atoms with Gasteiger partial charge in [0.25, 0.3) is 0 Å². The van der Waals surface area contributed by atoms with Gasteiger partial charge in [0.1, 0.15) is 11.9 Å². The average molecular weight is 273 g/mol. The van der Waals surface area contributed by atoms with E-state index in [4.69, 9.17) is 4.42 Å². The van der Waals surface area contributed by atoms with Crippen LogP contribution >= 0.6 is 0 Å². The molecule has 0 aliphatic carbocycles. The lowest BCUT2D eigenvalue weighted by Gasteiger charge is -2.09. The second kappa shape index (κ2) is 7.50. The second-order valence-corrected chi connectivity index (χ2v) is 4.66. The summed E-state index contributed by atoms with van der Waals surface area (Å²) in [6.45, 7) is 0.440. The number of carbonyl (C=O) groups excluding carboxylic acids is 1. The Hall–Kier alpha value is -2.07. The number of benzene rings is 1. The van der Waals surface area contributed by atoms with Gasteiger partial charge < -0.3 is 14.8 Å². The molecule has 2 N–H and O–H groups in total. The summed E-state index contributed by atoms with van der Waals surface area (Å²) < 4.78 is 5.10. The summed E-state index contributed by atoms with van der Waals surface area (Å²) in [5, 5.41) is 12.6. The van der Waals surface area contributed by atoms with Crippen molar-refractivity contribution in [1.29, 1.82) is 0 Å². The van der Waals surface area contributed by atoms with E-state index >= 15 is 0 Å². The first-order valence-corrected chi connectivity index (χ1v) is 6.78. The molecule has 1 atom stereocenters. The normalized spacial score (nSPS) is 12.1. The molecule has 0 radical (unpaired) electrons. The van der Waals surface area contributed by atoms with Crippen LogP contribution in [-0.2, 0) is 11.2 Å². The summed E-state index contributed by atoms with van der Waals surface area (Å²) in [5.41, 5.74) is 1.15. The average Bonchev–Trinajstić information content (AvgIpc) is 3.00. The third-order valence-corrected chi connectivity index (χ3v) is 3.10. The molecular weight excluding hydrogens is 254 g/mol. The molecule has 4 heteroatoms. The first-order valence-electron chi connectivity index (χ1n) is 6.78. The highest BCUT2D eigenvalue weighted by molar-refractivity contribution is 5.76. The molecule has 0 fully saturated rings. The van der Waals surface area contributed by atoms with Gasteiger partial charge in [0.15, 0.2) is 0 Å². The molecule has 1 unspecified atom stereocenters. The molecule has 0 aliphatic heterocycles. The zero-order valence-corrected chi connectivity index (χ0v) is 11.3. The molecule has 0 bridgehead atoms. The largest absolute Gasteiger partial charge is 0.467 e. The number of carbonyl (C=O) groups is 1. The Labute approximate surface area is 118 Å². The van der Waals surface area contributed by atoms with Gasteiger partial charge in [0.05, 0.1) is 6.26 Å². The van der Waals surface area contributed by atoms with Crippen molar-refractivity contribution < 1.29 is 14.3 Å². The molecule has 0 saturated carbocycles. The fourth-order valence-electron chi connectivity index (χ4n) is 1.96. The van der Waals surface area contributed by atoms with Crippen LogP contribution in [-0.4, -0.2) is 17.6 Å². The maximum absolute atomic E-state index is 11.7. The Kier molecular flexibility index (Phi) is 5.38. The monoisotopic (exact) mass is 273 g/mol. The Morgan fingerprint density at radius 2 is 2.00 bits per heavy atom. The van der Waals surface area contributed by atoms with Crippen LogP contribution in [0.15, 0.2) is 53.1 Å². The van der Waals surface area contributed by atoms with Crippen molar-refractivity contribution in [3.8, 4) is 0 Å². The Morgan fingerprint density at radius 1 is 1.20 bits per heavy atom. The van der Waals surface area contributed by atoms with Crippen LogP contribution in [0, 0.1) is 0 Å². The van der Waals surface area contributed by atoms with Crippen molar-refractivity contribution in [1.82, 2.24) is 5.32 Å². The van der Waals surface area contributed by atoms with Gasteiger partial charge in [-0.15, -0.1) is 0 Å². The van der Waals surface area contributed by atoms with Gasteiger partial charge in [-0.05, 0) is 30.5 Å². The number of nitrogens with one attached hydrogen (secondary N) is 1. The van der Waals surface area contributed by atoms with Crippen molar-refractivity contribution in [2.24, 2.45) is 0 Å². The highest BCUT2D eigenvalue weighted by Crippen LogP contribution is 2.15. The molecule has 1 aromatic carbocycles. The number of furan rings is 1. The first kappa shape index (κ1) is 14.3. The molecule has 1 heterocycles. The lowest BCUT2D eigenvalue weighted by molar-refractivity contribution is -0.121. The van der Waals surface area contributed by atoms with Gasteiger partial charge in [-0.25, -0.2) is 0 Å². The lowest BCUT2D eigenvalue weighted by atomic mass is 10.1. The van der Waals surface area contributed by atoms with Gasteiger partial charge in [0.2, 0.25) is 5.91 Å². The molecule has 20 heavy (non-hydrogen) atoms. The number of rotatable bonds is 7. The molecule has 4 nitrogen and oxygen atoms in total. The van der Waals surface area contributed by atoms with Gasteiger partial charge >= 0.3 is 0 Å². The van der Waals surface area contributed by atoms with E-state index in [9.17, 15) is 9.90 Å². The van der Waals surface area contributed by atoms with Gasteiger partial charge in [-0.1, -0.05) is 30.3 Å². The summed E-state index contributed by atoms with van der Waals surface area (Å²) >= 11 is 0. The summed E-state index contributed by atoms with van der Waals surface area (Å²) in [4.78, 5) is 11.7. The fourth-order valence-corrected chi connectivity index (χ4v) is 1.96. The van der Waals surface area contributed by atoms with Crippen molar-refractivity contribution in [3.05, 3.63) is 60.1 Å². The third kappa shape index (κ3) is 4.55. The van der Waals surface area contributed by atoms with E-state index in [-0.39, 0.29) is 5.91 Å². The smallest absolute Gasteiger partial charge is 0.220 e. The van der Waals surface area contributed by atoms with Crippen LogP contribution in [0.2, 0.25) is 0 Å². The van der Waals surface area contributed by atoms with Crippen LogP contribution in [0.3, 0.4) is 0 Å². The van der Waals surface area contributed by atoms with E-state index in [0.717, 1.165) is 12.0 Å². The Balaban J connectivity index is 1.63. The van der Waals surface area contributed by atoms with Crippen LogP contribution in [0.5, 0.6) is 0 Å². The highest BCUT2D eigenvalue weighted by Gasteiger charge is 2.10. The molecule has 0 aliphatic rings. The fraction of sp³-hybridized carbons (Fsp3) is 0.312. The van der Waals surface area contributed by atoms with Crippen LogP contribution in [0.1, 0.15) is 30.3 Å². The number of hydrogen-bond acceptors (Lipinski definition) is 3. The molecule has 1 aromatic heterocycles. The molecule has 1 amide bonds. The van der Waals surface area contributed by atoms with E-state index in [1.54, 1.807) is 12.1 Å². The second-order valence-electron chi connectivity index (χ2n) is 4.66. The van der Waals surface area contributed by atoms with E-state index < -0.39 is 6.10 Å². The molecule has 2 aromatic rings. The highest BCUT2D eigenvalue weighted by atomic mass is 16.4. The Bertz CT molecular complexity index is 508. The van der Waals surface area contributed by atoms with Crippen LogP contribution in [0.25, 0.3) is 0 Å². The number of aliphatic hydroxyl groups is 1. The molecule has 106 valence electrons. The predicted molar refractivity (Wildman–Crippen MR) is 76.1 cm³/mol. The predicted octanol–water partition coefficient (Wildman–Crippen LogP) is 2.45. The van der Waals surface area contributed by atoms with Crippen molar-refractivity contribution in [2.75, 3.05) is 6.54 Å². The maximum atomic E-state index is 11.7. The van der Waals surface area contributed by atoms with Crippen LogP contribution in [0.4, 0.5) is 0 Å². The molecular formula is C16H19NO3. The number of aryl methyl sites for hydroxylation is 1. The minimum Gasteiger partial charge on any atom is -0.467 e. The molecule has 2 rings (SSSR count). The van der Waals surface area contributed by atoms with Gasteiger partial charge in [-0.3, -0.25) is 4.79 Å². The van der Waals surface area contributed by atoms with Gasteiger partial charge in [-0.2, -0.15) is 0 Å². The minimum absolute atomic E-state index is 0.000461. The zero-order chi connectivity index (χ0) is 14.2. The van der Waals surface area contributed by atoms with Crippen molar-refractivity contribution in [2.45, 2.75) is 25.4 Å². The van der Waals surface area contributed by atoms with E-state index in [0.29, 0.717) is 25.1 Å². The molecule has 0 saturated heterocycles. The third-order valence-electron chi connectivity index (χ3n) is 3.10. The summed E-state index contributed by atoms with van der Waals surface area (Å²) in [7, 11) is 0. The van der Waals surface area contributed by atoms with Crippen molar-refractivity contribution in [3.63, 3.8) is 0 Å². The Morgan fingerprint density at radius 3 is 2.70 bits per heavy atom. The summed E-state index contributed by atoms with van der Waals surface area (Å²) in [5.74, 6) is 0.532. The van der Waals surface area contributed by atoms with Crippen molar-refractivity contribution >= 4 is 5.91 Å². The standard InChI is InChI=1S/C16H19NO3/c18-14(15-7-4-12-20-15)10-11-17-16(19)9-8-13-5-2-1-3-6-13/h1-7,12,14,18H,8-11H2,(H,17,19). The maximum Gasteiger partial charge on any atom is 0.220 e. The SMILES string of the molecule is O=C(CCc1ccccc1)NCCC(O)c1ccco1. The number of aliphatic hydroxyl groups excluding tert-OH is 1.